The van der Waals surface area contributed by atoms with E-state index in [1.54, 1.807) is 11.3 Å². The predicted octanol–water partition coefficient (Wildman–Crippen LogP) is 2.87. The standard InChI is InChI=1S/C14H19N3S/c1-17(10-11-6-4-5-9-15-11)14-16-12-7-2-3-8-13(12)18-14/h2-3,7-8,11,15H,4-6,9-10H2,1H3/t11-/m1/s1. The van der Waals surface area contributed by atoms with Crippen molar-refractivity contribution in [2.24, 2.45) is 0 Å². The van der Waals surface area contributed by atoms with Crippen molar-refractivity contribution >= 4 is 26.7 Å². The van der Waals surface area contributed by atoms with E-state index in [0.717, 1.165) is 17.2 Å². The van der Waals surface area contributed by atoms with Gasteiger partial charge >= 0.3 is 0 Å². The number of hydrogen-bond acceptors (Lipinski definition) is 4. The molecular weight excluding hydrogens is 242 g/mol. The van der Waals surface area contributed by atoms with Crippen molar-refractivity contribution in [1.82, 2.24) is 10.3 Å². The molecule has 0 radical (unpaired) electrons. The summed E-state index contributed by atoms with van der Waals surface area (Å²) in [7, 11) is 2.15. The highest BCUT2D eigenvalue weighted by Crippen LogP contribution is 2.28. The summed E-state index contributed by atoms with van der Waals surface area (Å²) >= 11 is 1.78. The van der Waals surface area contributed by atoms with Gasteiger partial charge in [-0.2, -0.15) is 0 Å². The van der Waals surface area contributed by atoms with Crippen LogP contribution in [-0.4, -0.2) is 31.2 Å². The summed E-state index contributed by atoms with van der Waals surface area (Å²) in [5.74, 6) is 0. The van der Waals surface area contributed by atoms with Crippen LogP contribution >= 0.6 is 11.3 Å². The molecule has 1 aliphatic heterocycles. The lowest BCUT2D eigenvalue weighted by Gasteiger charge is -2.27. The molecule has 1 N–H and O–H groups in total. The first-order valence-electron chi connectivity index (χ1n) is 6.63. The van der Waals surface area contributed by atoms with Gasteiger partial charge in [0, 0.05) is 19.6 Å². The highest BCUT2D eigenvalue weighted by Gasteiger charge is 2.16. The fraction of sp³-hybridized carbons (Fsp3) is 0.500. The highest BCUT2D eigenvalue weighted by atomic mass is 32.1. The Hall–Kier alpha value is -1.13. The first-order chi connectivity index (χ1) is 8.83. The second-order valence-electron chi connectivity index (χ2n) is 4.99. The van der Waals surface area contributed by atoms with Gasteiger partial charge in [0.25, 0.3) is 0 Å². The number of nitrogens with one attached hydrogen (secondary N) is 1. The second kappa shape index (κ2) is 5.24. The summed E-state index contributed by atoms with van der Waals surface area (Å²) < 4.78 is 1.27. The van der Waals surface area contributed by atoms with Gasteiger partial charge in [-0.25, -0.2) is 4.98 Å². The largest absolute Gasteiger partial charge is 0.350 e. The molecule has 18 heavy (non-hydrogen) atoms. The summed E-state index contributed by atoms with van der Waals surface area (Å²) in [6.45, 7) is 2.22. The Kier molecular flexibility index (Phi) is 3.48. The van der Waals surface area contributed by atoms with Crippen LogP contribution in [-0.2, 0) is 0 Å². The van der Waals surface area contributed by atoms with Crippen LogP contribution in [0.2, 0.25) is 0 Å². The zero-order valence-corrected chi connectivity index (χ0v) is 11.5. The lowest BCUT2D eigenvalue weighted by atomic mass is 10.1. The number of rotatable bonds is 3. The zero-order valence-electron chi connectivity index (χ0n) is 10.7. The number of para-hydroxylation sites is 1. The van der Waals surface area contributed by atoms with Crippen LogP contribution in [0.5, 0.6) is 0 Å². The number of piperidine rings is 1. The third kappa shape index (κ3) is 2.49. The fourth-order valence-corrected chi connectivity index (χ4v) is 3.45. The molecule has 3 rings (SSSR count). The van der Waals surface area contributed by atoms with E-state index in [4.69, 9.17) is 4.98 Å². The molecule has 1 aromatic carbocycles. The first kappa shape index (κ1) is 11.9. The van der Waals surface area contributed by atoms with Gasteiger partial charge in [0.05, 0.1) is 10.2 Å². The number of nitrogens with zero attached hydrogens (tertiary/aromatic N) is 2. The topological polar surface area (TPSA) is 28.2 Å². The highest BCUT2D eigenvalue weighted by molar-refractivity contribution is 7.22. The molecule has 2 aromatic rings. The van der Waals surface area contributed by atoms with E-state index in [9.17, 15) is 0 Å². The van der Waals surface area contributed by atoms with Crippen LogP contribution in [0, 0.1) is 0 Å². The van der Waals surface area contributed by atoms with Crippen molar-refractivity contribution in [2.75, 3.05) is 25.0 Å². The van der Waals surface area contributed by atoms with Gasteiger partial charge in [0.15, 0.2) is 5.13 Å². The molecule has 1 aliphatic rings. The number of hydrogen-bond donors (Lipinski definition) is 1. The fourth-order valence-electron chi connectivity index (χ4n) is 2.51. The van der Waals surface area contributed by atoms with Gasteiger partial charge in [0.2, 0.25) is 0 Å². The molecule has 0 saturated carbocycles. The van der Waals surface area contributed by atoms with Crippen molar-refractivity contribution in [2.45, 2.75) is 25.3 Å². The van der Waals surface area contributed by atoms with Gasteiger partial charge in [-0.3, -0.25) is 0 Å². The molecule has 0 aliphatic carbocycles. The zero-order chi connectivity index (χ0) is 12.4. The maximum absolute atomic E-state index is 4.69. The normalized spacial score (nSPS) is 20.2. The number of benzene rings is 1. The van der Waals surface area contributed by atoms with E-state index in [2.05, 4.69) is 41.5 Å². The molecule has 1 atom stereocenters. The first-order valence-corrected chi connectivity index (χ1v) is 7.45. The number of anilines is 1. The molecule has 1 aromatic heterocycles. The minimum Gasteiger partial charge on any atom is -0.350 e. The van der Waals surface area contributed by atoms with Crippen LogP contribution < -0.4 is 10.2 Å². The van der Waals surface area contributed by atoms with E-state index in [0.29, 0.717) is 6.04 Å². The monoisotopic (exact) mass is 261 g/mol. The van der Waals surface area contributed by atoms with Crippen LogP contribution in [0.25, 0.3) is 10.2 Å². The summed E-state index contributed by atoms with van der Waals surface area (Å²) in [6, 6.07) is 8.97. The van der Waals surface area contributed by atoms with E-state index < -0.39 is 0 Å². The molecule has 0 unspecified atom stereocenters. The van der Waals surface area contributed by atoms with E-state index in [1.165, 1.54) is 30.5 Å². The Balaban J connectivity index is 1.72. The molecule has 0 bridgehead atoms. The number of likely N-dealkylation sites (N-methyl/N-ethyl adjacent to an activating group) is 1. The summed E-state index contributed by atoms with van der Waals surface area (Å²) in [6.07, 6.45) is 3.96. The Morgan fingerprint density at radius 1 is 1.39 bits per heavy atom. The second-order valence-corrected chi connectivity index (χ2v) is 6.00. The van der Waals surface area contributed by atoms with Gasteiger partial charge in [-0.1, -0.05) is 29.9 Å². The van der Waals surface area contributed by atoms with Crippen LogP contribution in [0.1, 0.15) is 19.3 Å². The summed E-state index contributed by atoms with van der Waals surface area (Å²) in [5, 5.41) is 4.72. The van der Waals surface area contributed by atoms with Crippen LogP contribution in [0.15, 0.2) is 24.3 Å². The molecule has 3 nitrogen and oxygen atoms in total. The minimum absolute atomic E-state index is 0.621. The Bertz CT molecular complexity index is 483. The summed E-state index contributed by atoms with van der Waals surface area (Å²) in [5.41, 5.74) is 1.11. The lowest BCUT2D eigenvalue weighted by molar-refractivity contribution is 0.403. The SMILES string of the molecule is CN(C[C@H]1CCCCN1)c1nc2ccccc2s1. The van der Waals surface area contributed by atoms with E-state index in [1.807, 2.05) is 0 Å². The minimum atomic E-state index is 0.621. The Morgan fingerprint density at radius 3 is 3.06 bits per heavy atom. The molecule has 0 amide bonds. The maximum atomic E-state index is 4.69. The maximum Gasteiger partial charge on any atom is 0.186 e. The molecular formula is C14H19N3S. The molecule has 1 fully saturated rings. The van der Waals surface area contributed by atoms with Crippen molar-refractivity contribution in [3.63, 3.8) is 0 Å². The van der Waals surface area contributed by atoms with Crippen molar-refractivity contribution in [3.05, 3.63) is 24.3 Å². The van der Waals surface area contributed by atoms with Gasteiger partial charge in [-0.15, -0.1) is 0 Å². The average molecular weight is 261 g/mol. The van der Waals surface area contributed by atoms with Crippen LogP contribution in [0.3, 0.4) is 0 Å². The average Bonchev–Trinajstić information content (AvgIpc) is 2.84. The molecule has 4 heteroatoms. The quantitative estimate of drug-likeness (QED) is 0.921. The number of thiazole rings is 1. The molecule has 1 saturated heterocycles. The molecule has 2 heterocycles. The predicted molar refractivity (Wildman–Crippen MR) is 78.5 cm³/mol. The van der Waals surface area contributed by atoms with Crippen LogP contribution in [0.4, 0.5) is 5.13 Å². The van der Waals surface area contributed by atoms with E-state index >= 15 is 0 Å². The van der Waals surface area contributed by atoms with Crippen molar-refractivity contribution < 1.29 is 0 Å². The third-order valence-corrected chi connectivity index (χ3v) is 4.67. The lowest BCUT2D eigenvalue weighted by Crippen LogP contribution is -2.42. The van der Waals surface area contributed by atoms with Gasteiger partial charge < -0.3 is 10.2 Å². The Labute approximate surface area is 112 Å². The Morgan fingerprint density at radius 2 is 2.28 bits per heavy atom. The summed E-state index contributed by atoms with van der Waals surface area (Å²) in [4.78, 5) is 6.98. The van der Waals surface area contributed by atoms with Gasteiger partial charge in [-0.05, 0) is 31.5 Å². The van der Waals surface area contributed by atoms with Crippen molar-refractivity contribution in [1.29, 1.82) is 0 Å². The molecule has 0 spiro atoms. The van der Waals surface area contributed by atoms with Crippen molar-refractivity contribution in [3.8, 4) is 0 Å². The smallest absolute Gasteiger partial charge is 0.186 e. The number of aromatic nitrogens is 1. The van der Waals surface area contributed by atoms with E-state index in [-0.39, 0.29) is 0 Å². The molecule has 96 valence electrons. The third-order valence-electron chi connectivity index (χ3n) is 3.52. The van der Waals surface area contributed by atoms with Gasteiger partial charge in [0.1, 0.15) is 0 Å². The number of fused-ring (bicyclic) bond motifs is 1.